The highest BCUT2D eigenvalue weighted by Crippen LogP contribution is 2.41. The molecule has 0 aliphatic carbocycles. The molecule has 0 aliphatic rings. The predicted molar refractivity (Wildman–Crippen MR) is 81.1 cm³/mol. The zero-order valence-electron chi connectivity index (χ0n) is 12.8. The van der Waals surface area contributed by atoms with Crippen molar-refractivity contribution in [1.82, 2.24) is 5.32 Å². The third-order valence-corrected chi connectivity index (χ3v) is 4.03. The van der Waals surface area contributed by atoms with E-state index in [2.05, 4.69) is 5.32 Å². The maximum absolute atomic E-state index is 11.9. The van der Waals surface area contributed by atoms with Crippen molar-refractivity contribution in [3.63, 3.8) is 0 Å². The van der Waals surface area contributed by atoms with Crippen LogP contribution in [-0.4, -0.2) is 38.7 Å². The van der Waals surface area contributed by atoms with Gasteiger partial charge in [0.25, 0.3) is 0 Å². The first-order valence-corrected chi connectivity index (χ1v) is 7.88. The van der Waals surface area contributed by atoms with Gasteiger partial charge in [-0.15, -0.1) is 0 Å². The van der Waals surface area contributed by atoms with Crippen LogP contribution >= 0.6 is 8.38 Å². The first-order chi connectivity index (χ1) is 10.6. The number of carbonyl (C=O) groups excluding carboxylic acids is 2. The maximum atomic E-state index is 11.9. The monoisotopic (exact) mass is 329 g/mol. The Labute approximate surface area is 130 Å². The number of ether oxygens (including phenoxy) is 2. The van der Waals surface area contributed by atoms with Crippen LogP contribution in [0.15, 0.2) is 30.3 Å². The fourth-order valence-corrected chi connectivity index (χ4v) is 2.61. The highest BCUT2D eigenvalue weighted by molar-refractivity contribution is 7.49. The minimum absolute atomic E-state index is 0.0973. The van der Waals surface area contributed by atoms with E-state index in [0.29, 0.717) is 0 Å². The van der Waals surface area contributed by atoms with Crippen molar-refractivity contribution in [2.75, 3.05) is 20.8 Å². The van der Waals surface area contributed by atoms with Gasteiger partial charge in [0.1, 0.15) is 6.61 Å². The van der Waals surface area contributed by atoms with E-state index in [1.54, 1.807) is 6.92 Å². The Hall–Kier alpha value is -1.69. The molecule has 0 aliphatic heterocycles. The normalized spacial score (nSPS) is 11.8. The molecule has 1 aromatic carbocycles. The van der Waals surface area contributed by atoms with Gasteiger partial charge >= 0.3 is 12.1 Å². The molecule has 0 radical (unpaired) electrons. The van der Waals surface area contributed by atoms with E-state index in [4.69, 9.17) is 18.5 Å². The van der Waals surface area contributed by atoms with E-state index in [1.165, 1.54) is 14.2 Å². The van der Waals surface area contributed by atoms with Crippen molar-refractivity contribution in [2.45, 2.75) is 19.3 Å². The largest absolute Gasteiger partial charge is 0.464 e. The Morgan fingerprint density at radius 2 is 1.77 bits per heavy atom. The van der Waals surface area contributed by atoms with Gasteiger partial charge in [0.15, 0.2) is 5.78 Å². The third-order valence-electron chi connectivity index (χ3n) is 2.55. The lowest BCUT2D eigenvalue weighted by Crippen LogP contribution is -2.41. The van der Waals surface area contributed by atoms with Gasteiger partial charge in [0.05, 0.1) is 6.61 Å². The minimum Gasteiger partial charge on any atom is -0.464 e. The summed E-state index contributed by atoms with van der Waals surface area (Å²) in [4.78, 5) is 23.7. The molecule has 7 nitrogen and oxygen atoms in total. The molecule has 0 bridgehead atoms. The number of hydrogen-bond donors (Lipinski definition) is 1. The number of carbonyl (C=O) groups is 2. The second-order valence-electron chi connectivity index (χ2n) is 4.01. The summed E-state index contributed by atoms with van der Waals surface area (Å²) in [5.41, 5.74) is 0.839. The Balaban J connectivity index is 2.60. The van der Waals surface area contributed by atoms with Gasteiger partial charge < -0.3 is 23.8 Å². The molecule has 1 atom stereocenters. The van der Waals surface area contributed by atoms with Gasteiger partial charge in [0, 0.05) is 14.2 Å². The van der Waals surface area contributed by atoms with E-state index in [-0.39, 0.29) is 13.2 Å². The van der Waals surface area contributed by atoms with E-state index >= 15 is 0 Å². The number of nitrogens with one attached hydrogen (secondary N) is 1. The zero-order chi connectivity index (χ0) is 16.4. The topological polar surface area (TPSA) is 83.1 Å². The fraction of sp³-hybridized carbons (Fsp3) is 0.429. The summed E-state index contributed by atoms with van der Waals surface area (Å²) in [6.45, 7) is 1.96. The van der Waals surface area contributed by atoms with Crippen LogP contribution in [0.2, 0.25) is 0 Å². The van der Waals surface area contributed by atoms with Crippen molar-refractivity contribution >= 4 is 20.4 Å². The standard InChI is InChI=1S/C14H20NO6P/c1-4-20-13(16)12(22(18-2)19-3)15-14(17)21-10-11-8-6-5-7-9-11/h5-9,12H,4,10H2,1-3H3,(H,15,17). The van der Waals surface area contributed by atoms with Crippen LogP contribution in [0, 0.1) is 0 Å². The SMILES string of the molecule is CCOC(=O)C(NC(=O)OCc1ccccc1)P(OC)OC. The first kappa shape index (κ1) is 18.4. The van der Waals surface area contributed by atoms with Gasteiger partial charge in [-0.2, -0.15) is 0 Å². The van der Waals surface area contributed by atoms with Crippen LogP contribution in [0.25, 0.3) is 0 Å². The summed E-state index contributed by atoms with van der Waals surface area (Å²) in [7, 11) is 1.12. The van der Waals surface area contributed by atoms with Gasteiger partial charge in [-0.1, -0.05) is 30.3 Å². The van der Waals surface area contributed by atoms with Crippen LogP contribution in [0.5, 0.6) is 0 Å². The number of benzene rings is 1. The van der Waals surface area contributed by atoms with E-state index in [9.17, 15) is 9.59 Å². The van der Waals surface area contributed by atoms with Gasteiger partial charge in [-0.3, -0.25) is 0 Å². The van der Waals surface area contributed by atoms with E-state index < -0.39 is 26.2 Å². The van der Waals surface area contributed by atoms with E-state index in [1.807, 2.05) is 30.3 Å². The molecule has 0 saturated carbocycles. The van der Waals surface area contributed by atoms with E-state index in [0.717, 1.165) is 5.56 Å². The summed E-state index contributed by atoms with van der Waals surface area (Å²) in [6.07, 6.45) is -0.747. The second-order valence-corrected chi connectivity index (χ2v) is 5.83. The number of rotatable bonds is 8. The quantitative estimate of drug-likeness (QED) is 0.582. The van der Waals surface area contributed by atoms with Gasteiger partial charge in [0.2, 0.25) is 8.38 Å². The van der Waals surface area contributed by atoms with Crippen molar-refractivity contribution < 1.29 is 28.1 Å². The molecule has 0 heterocycles. The third kappa shape index (κ3) is 5.97. The Morgan fingerprint density at radius 3 is 2.32 bits per heavy atom. The number of esters is 1. The zero-order valence-corrected chi connectivity index (χ0v) is 13.7. The number of hydrogen-bond acceptors (Lipinski definition) is 6. The van der Waals surface area contributed by atoms with Crippen LogP contribution in [-0.2, 0) is 29.9 Å². The first-order valence-electron chi connectivity index (χ1n) is 6.63. The summed E-state index contributed by atoms with van der Waals surface area (Å²) in [5.74, 6) is -1.68. The molecule has 0 fully saturated rings. The molecular weight excluding hydrogens is 309 g/mol. The molecule has 1 aromatic rings. The molecule has 0 aromatic heterocycles. The summed E-state index contributed by atoms with van der Waals surface area (Å²) in [5, 5.41) is 2.42. The van der Waals surface area contributed by atoms with Gasteiger partial charge in [-0.25, -0.2) is 9.59 Å². The fourth-order valence-electron chi connectivity index (χ4n) is 1.58. The summed E-state index contributed by atoms with van der Waals surface area (Å²) >= 11 is 0. The molecule has 1 amide bonds. The maximum Gasteiger partial charge on any atom is 0.408 e. The predicted octanol–water partition coefficient (Wildman–Crippen LogP) is 2.41. The van der Waals surface area contributed by atoms with Crippen molar-refractivity contribution in [2.24, 2.45) is 0 Å². The molecule has 8 heteroatoms. The minimum atomic E-state index is -1.65. The Kier molecular flexibility index (Phi) is 8.43. The molecule has 122 valence electrons. The number of amides is 1. The summed E-state index contributed by atoms with van der Waals surface area (Å²) < 4.78 is 20.1. The average molecular weight is 329 g/mol. The highest BCUT2D eigenvalue weighted by atomic mass is 31.2. The van der Waals surface area contributed by atoms with Crippen molar-refractivity contribution in [3.05, 3.63) is 35.9 Å². The lowest BCUT2D eigenvalue weighted by Gasteiger charge is -2.22. The Bertz CT molecular complexity index is 466. The van der Waals surface area contributed by atoms with Gasteiger partial charge in [-0.05, 0) is 12.5 Å². The molecule has 0 spiro atoms. The lowest BCUT2D eigenvalue weighted by molar-refractivity contribution is -0.143. The second kappa shape index (κ2) is 10.1. The highest BCUT2D eigenvalue weighted by Gasteiger charge is 2.33. The molecular formula is C14H20NO6P. The van der Waals surface area contributed by atoms with Crippen molar-refractivity contribution in [3.8, 4) is 0 Å². The lowest BCUT2D eigenvalue weighted by atomic mass is 10.2. The van der Waals surface area contributed by atoms with Crippen LogP contribution in [0.3, 0.4) is 0 Å². The molecule has 0 saturated heterocycles. The average Bonchev–Trinajstić information content (AvgIpc) is 2.54. The molecule has 1 N–H and O–H groups in total. The molecule has 22 heavy (non-hydrogen) atoms. The van der Waals surface area contributed by atoms with Crippen LogP contribution < -0.4 is 5.32 Å². The molecule has 1 rings (SSSR count). The van der Waals surface area contributed by atoms with Crippen LogP contribution in [0.1, 0.15) is 12.5 Å². The smallest absolute Gasteiger partial charge is 0.408 e. The molecule has 1 unspecified atom stereocenters. The van der Waals surface area contributed by atoms with Crippen LogP contribution in [0.4, 0.5) is 4.79 Å². The number of alkyl carbamates (subject to hydrolysis) is 1. The summed E-state index contributed by atoms with van der Waals surface area (Å²) in [6, 6.07) is 9.20. The Morgan fingerprint density at radius 1 is 1.14 bits per heavy atom. The van der Waals surface area contributed by atoms with Crippen molar-refractivity contribution in [1.29, 1.82) is 0 Å².